The summed E-state index contributed by atoms with van der Waals surface area (Å²) in [6, 6.07) is 14.6. The number of ether oxygens (including phenoxy) is 1. The second kappa shape index (κ2) is 7.27. The van der Waals surface area contributed by atoms with Gasteiger partial charge in [0.2, 0.25) is 0 Å². The first-order chi connectivity index (χ1) is 12.2. The predicted octanol–water partition coefficient (Wildman–Crippen LogP) is 1.43. The van der Waals surface area contributed by atoms with Gasteiger partial charge in [-0.05, 0) is 29.8 Å². The zero-order valence-electron chi connectivity index (χ0n) is 13.2. The van der Waals surface area contributed by atoms with E-state index in [1.807, 2.05) is 36.4 Å². The Labute approximate surface area is 142 Å². The topological polar surface area (TPSA) is 101 Å². The summed E-state index contributed by atoms with van der Waals surface area (Å²) >= 11 is 0. The number of hydrogen-bond donors (Lipinski definition) is 1. The van der Waals surface area contributed by atoms with Gasteiger partial charge in [-0.25, -0.2) is 4.79 Å². The molecule has 7 nitrogen and oxygen atoms in total. The van der Waals surface area contributed by atoms with Gasteiger partial charge >= 0.3 is 5.69 Å². The lowest BCUT2D eigenvalue weighted by Gasteiger charge is -2.09. The maximum absolute atomic E-state index is 11.9. The Morgan fingerprint density at radius 3 is 2.84 bits per heavy atom. The van der Waals surface area contributed by atoms with Crippen molar-refractivity contribution < 1.29 is 4.74 Å². The third-order valence-corrected chi connectivity index (χ3v) is 3.50. The number of pyridine rings is 1. The van der Waals surface area contributed by atoms with Crippen molar-refractivity contribution in [1.82, 2.24) is 14.5 Å². The Morgan fingerprint density at radius 1 is 1.20 bits per heavy atom. The third-order valence-electron chi connectivity index (χ3n) is 3.50. The fourth-order valence-corrected chi connectivity index (χ4v) is 2.28. The molecule has 7 heteroatoms. The van der Waals surface area contributed by atoms with Gasteiger partial charge in [0.1, 0.15) is 24.0 Å². The monoisotopic (exact) mass is 334 g/mol. The van der Waals surface area contributed by atoms with Crippen LogP contribution in [-0.2, 0) is 13.2 Å². The summed E-state index contributed by atoms with van der Waals surface area (Å²) in [7, 11) is 0. The quantitative estimate of drug-likeness (QED) is 0.761. The molecule has 0 amide bonds. The Morgan fingerprint density at radius 2 is 2.08 bits per heavy atom. The lowest BCUT2D eigenvalue weighted by molar-refractivity contribution is 0.301. The lowest BCUT2D eigenvalue weighted by atomic mass is 10.2. The van der Waals surface area contributed by atoms with Crippen molar-refractivity contribution in [3.8, 4) is 11.8 Å². The number of aromatic nitrogens is 3. The fourth-order valence-electron chi connectivity index (χ4n) is 2.28. The molecule has 0 atom stereocenters. The van der Waals surface area contributed by atoms with Crippen LogP contribution in [0.4, 0.5) is 0 Å². The molecule has 124 valence electrons. The summed E-state index contributed by atoms with van der Waals surface area (Å²) in [5, 5.41) is 8.91. The smallest absolute Gasteiger partial charge is 0.328 e. The van der Waals surface area contributed by atoms with Gasteiger partial charge in [0.25, 0.3) is 5.56 Å². The van der Waals surface area contributed by atoms with Crippen molar-refractivity contribution in [3.63, 3.8) is 0 Å². The van der Waals surface area contributed by atoms with Crippen molar-refractivity contribution in [1.29, 1.82) is 5.26 Å². The van der Waals surface area contributed by atoms with Crippen LogP contribution in [0.25, 0.3) is 0 Å². The van der Waals surface area contributed by atoms with E-state index in [0.29, 0.717) is 12.4 Å². The fraction of sp³-hybridized carbons (Fsp3) is 0.111. The number of nitriles is 1. The highest BCUT2D eigenvalue weighted by Crippen LogP contribution is 2.15. The molecular formula is C18H14N4O3. The minimum atomic E-state index is -0.684. The Balaban J connectivity index is 1.77. The molecule has 0 saturated heterocycles. The molecule has 0 spiro atoms. The number of aromatic amines is 1. The van der Waals surface area contributed by atoms with E-state index in [4.69, 9.17) is 10.00 Å². The van der Waals surface area contributed by atoms with Crippen LogP contribution in [0.3, 0.4) is 0 Å². The maximum Gasteiger partial charge on any atom is 0.328 e. The van der Waals surface area contributed by atoms with Crippen LogP contribution in [-0.4, -0.2) is 14.5 Å². The average molecular weight is 334 g/mol. The first-order valence-corrected chi connectivity index (χ1v) is 7.51. The molecule has 2 aromatic heterocycles. The van der Waals surface area contributed by atoms with Crippen molar-refractivity contribution in [2.24, 2.45) is 0 Å². The summed E-state index contributed by atoms with van der Waals surface area (Å²) in [5.41, 5.74) is 0.252. The lowest BCUT2D eigenvalue weighted by Crippen LogP contribution is -2.31. The van der Waals surface area contributed by atoms with Gasteiger partial charge in [0.05, 0.1) is 12.2 Å². The van der Waals surface area contributed by atoms with Crippen LogP contribution in [0.1, 0.15) is 16.8 Å². The van der Waals surface area contributed by atoms with Crippen molar-refractivity contribution in [2.75, 3.05) is 0 Å². The van der Waals surface area contributed by atoms with Crippen LogP contribution >= 0.6 is 0 Å². The molecule has 0 fully saturated rings. The van der Waals surface area contributed by atoms with Crippen LogP contribution in [0.2, 0.25) is 0 Å². The number of benzene rings is 1. The van der Waals surface area contributed by atoms with Crippen LogP contribution < -0.4 is 16.0 Å². The molecule has 25 heavy (non-hydrogen) atoms. The summed E-state index contributed by atoms with van der Waals surface area (Å²) in [6.07, 6.45) is 2.95. The zero-order valence-corrected chi connectivity index (χ0v) is 13.2. The molecule has 0 aliphatic heterocycles. The van der Waals surface area contributed by atoms with Crippen LogP contribution in [0, 0.1) is 11.3 Å². The minimum Gasteiger partial charge on any atom is -0.487 e. The highest BCUT2D eigenvalue weighted by Gasteiger charge is 2.05. The Hall–Kier alpha value is -3.66. The van der Waals surface area contributed by atoms with Crippen LogP contribution in [0.5, 0.6) is 5.75 Å². The van der Waals surface area contributed by atoms with Gasteiger partial charge in [-0.2, -0.15) is 5.26 Å². The predicted molar refractivity (Wildman–Crippen MR) is 90.2 cm³/mol. The standard InChI is InChI=1S/C18H14N4O3/c19-9-14-11-22(18(24)21-17(14)23)10-13-4-3-6-16(8-13)25-12-15-5-1-2-7-20-15/h1-8,11H,10,12H2,(H,21,23,24). The molecule has 0 unspecified atom stereocenters. The largest absolute Gasteiger partial charge is 0.487 e. The van der Waals surface area contributed by atoms with Gasteiger partial charge in [-0.3, -0.25) is 19.3 Å². The molecule has 0 aliphatic carbocycles. The van der Waals surface area contributed by atoms with Gasteiger partial charge < -0.3 is 4.74 Å². The van der Waals surface area contributed by atoms with E-state index in [1.54, 1.807) is 18.3 Å². The van der Waals surface area contributed by atoms with Gasteiger partial charge in [0, 0.05) is 12.4 Å². The molecule has 0 aliphatic rings. The number of nitrogens with zero attached hydrogens (tertiary/aromatic N) is 3. The minimum absolute atomic E-state index is 0.109. The van der Waals surface area contributed by atoms with Crippen molar-refractivity contribution in [3.05, 3.63) is 92.5 Å². The zero-order chi connectivity index (χ0) is 17.6. The van der Waals surface area contributed by atoms with Crippen molar-refractivity contribution >= 4 is 0 Å². The van der Waals surface area contributed by atoms with Crippen LogP contribution in [0.15, 0.2) is 64.4 Å². The molecule has 3 aromatic rings. The molecule has 3 rings (SSSR count). The Bertz CT molecular complexity index is 1030. The molecule has 1 N–H and O–H groups in total. The normalized spacial score (nSPS) is 10.2. The maximum atomic E-state index is 11.9. The summed E-state index contributed by atoms with van der Waals surface area (Å²) in [4.78, 5) is 29.6. The molecule has 2 heterocycles. The number of hydrogen-bond acceptors (Lipinski definition) is 5. The first-order valence-electron chi connectivity index (χ1n) is 7.51. The van der Waals surface area contributed by atoms with E-state index >= 15 is 0 Å². The van der Waals surface area contributed by atoms with E-state index in [2.05, 4.69) is 9.97 Å². The second-order valence-electron chi connectivity index (χ2n) is 5.30. The summed E-state index contributed by atoms with van der Waals surface area (Å²) < 4.78 is 6.98. The first kappa shape index (κ1) is 16.2. The van der Waals surface area contributed by atoms with E-state index < -0.39 is 11.2 Å². The molecule has 0 saturated carbocycles. The van der Waals surface area contributed by atoms with Crippen molar-refractivity contribution in [2.45, 2.75) is 13.2 Å². The molecule has 1 aromatic carbocycles. The second-order valence-corrected chi connectivity index (χ2v) is 5.30. The molecular weight excluding hydrogens is 320 g/mol. The number of H-pyrrole nitrogens is 1. The highest BCUT2D eigenvalue weighted by atomic mass is 16.5. The van der Waals surface area contributed by atoms with Gasteiger partial charge in [0.15, 0.2) is 0 Å². The van der Waals surface area contributed by atoms with E-state index in [1.165, 1.54) is 10.8 Å². The molecule has 0 radical (unpaired) electrons. The molecule has 0 bridgehead atoms. The van der Waals surface area contributed by atoms with E-state index in [-0.39, 0.29) is 12.1 Å². The number of nitrogens with one attached hydrogen (secondary N) is 1. The van der Waals surface area contributed by atoms with Gasteiger partial charge in [-0.1, -0.05) is 18.2 Å². The van der Waals surface area contributed by atoms with E-state index in [9.17, 15) is 9.59 Å². The number of rotatable bonds is 5. The SMILES string of the molecule is N#Cc1cn(Cc2cccc(OCc3ccccn3)c2)c(=O)[nH]c1=O. The average Bonchev–Trinajstić information content (AvgIpc) is 2.63. The third kappa shape index (κ3) is 4.00. The summed E-state index contributed by atoms with van der Waals surface area (Å²) in [5.74, 6) is 0.640. The van der Waals surface area contributed by atoms with Gasteiger partial charge in [-0.15, -0.1) is 0 Å². The van der Waals surface area contributed by atoms with E-state index in [0.717, 1.165) is 11.3 Å². The highest BCUT2D eigenvalue weighted by molar-refractivity contribution is 5.29. The summed E-state index contributed by atoms with van der Waals surface area (Å²) in [6.45, 7) is 0.548. The Kier molecular flexibility index (Phi) is 4.72.